The van der Waals surface area contributed by atoms with E-state index in [9.17, 15) is 4.79 Å². The average Bonchev–Trinajstić information content (AvgIpc) is 2.36. The van der Waals surface area contributed by atoms with Gasteiger partial charge in [-0.2, -0.15) is 0 Å². The van der Waals surface area contributed by atoms with Gasteiger partial charge in [-0.15, -0.1) is 0 Å². The molecule has 0 aliphatic heterocycles. The van der Waals surface area contributed by atoms with E-state index in [1.165, 1.54) is 14.2 Å². The minimum absolute atomic E-state index is 0.270. The van der Waals surface area contributed by atoms with E-state index in [1.807, 2.05) is 18.2 Å². The molecule has 2 aromatic rings. The first-order valence-corrected chi connectivity index (χ1v) is 5.67. The average molecular weight is 296 g/mol. The van der Waals surface area contributed by atoms with E-state index in [1.54, 1.807) is 6.07 Å². The highest BCUT2D eigenvalue weighted by atomic mass is 79.9. The molecule has 0 fully saturated rings. The summed E-state index contributed by atoms with van der Waals surface area (Å²) in [5, 5.41) is 0.848. The fourth-order valence-electron chi connectivity index (χ4n) is 1.54. The largest absolute Gasteiger partial charge is 0.480 e. The van der Waals surface area contributed by atoms with Gasteiger partial charge in [0.1, 0.15) is 5.56 Å². The number of ether oxygens (including phenoxy) is 2. The van der Waals surface area contributed by atoms with Gasteiger partial charge in [-0.3, -0.25) is 0 Å². The fraction of sp³-hybridized carbons (Fsp3) is 0.167. The van der Waals surface area contributed by atoms with E-state index in [4.69, 9.17) is 4.74 Å². The normalized spacial score (nSPS) is 10.3. The number of hydrogen-bond donors (Lipinski definition) is 0. The number of aromatic nitrogens is 1. The Morgan fingerprint density at radius 3 is 2.71 bits per heavy atom. The zero-order valence-corrected chi connectivity index (χ0v) is 10.9. The van der Waals surface area contributed by atoms with Crippen LogP contribution in [-0.4, -0.2) is 25.2 Å². The number of fused-ring (bicyclic) bond motifs is 1. The molecule has 0 aliphatic carbocycles. The molecule has 88 valence electrons. The summed E-state index contributed by atoms with van der Waals surface area (Å²) in [6, 6.07) is 7.32. The molecule has 0 aliphatic rings. The molecule has 1 heterocycles. The molecule has 0 N–H and O–H groups in total. The Morgan fingerprint density at radius 1 is 1.29 bits per heavy atom. The molecule has 0 saturated carbocycles. The lowest BCUT2D eigenvalue weighted by Gasteiger charge is -2.07. The van der Waals surface area contributed by atoms with Gasteiger partial charge in [0.15, 0.2) is 0 Å². The zero-order valence-electron chi connectivity index (χ0n) is 9.36. The molecule has 2 rings (SSSR count). The van der Waals surface area contributed by atoms with Gasteiger partial charge < -0.3 is 9.47 Å². The van der Waals surface area contributed by atoms with Crippen LogP contribution in [0.25, 0.3) is 10.9 Å². The Kier molecular flexibility index (Phi) is 3.28. The van der Waals surface area contributed by atoms with Crippen molar-refractivity contribution >= 4 is 32.8 Å². The van der Waals surface area contributed by atoms with Crippen molar-refractivity contribution in [2.75, 3.05) is 14.2 Å². The summed E-state index contributed by atoms with van der Waals surface area (Å²) >= 11 is 3.37. The lowest BCUT2D eigenvalue weighted by Crippen LogP contribution is -2.05. The van der Waals surface area contributed by atoms with Gasteiger partial charge in [-0.25, -0.2) is 9.78 Å². The monoisotopic (exact) mass is 295 g/mol. The van der Waals surface area contributed by atoms with Gasteiger partial charge in [0.25, 0.3) is 0 Å². The third-order valence-electron chi connectivity index (χ3n) is 2.34. The molecule has 5 heteroatoms. The van der Waals surface area contributed by atoms with Gasteiger partial charge in [0.05, 0.1) is 19.7 Å². The van der Waals surface area contributed by atoms with Crippen molar-refractivity contribution in [2.24, 2.45) is 0 Å². The number of benzene rings is 1. The minimum atomic E-state index is -0.462. The Bertz CT molecular complexity index is 583. The maximum absolute atomic E-state index is 11.6. The summed E-state index contributed by atoms with van der Waals surface area (Å²) in [7, 11) is 2.80. The molecule has 0 atom stereocenters. The van der Waals surface area contributed by atoms with E-state index in [2.05, 4.69) is 25.7 Å². The molecule has 0 saturated heterocycles. The van der Waals surface area contributed by atoms with Crippen LogP contribution < -0.4 is 4.74 Å². The summed E-state index contributed by atoms with van der Waals surface area (Å²) < 4.78 is 10.7. The summed E-state index contributed by atoms with van der Waals surface area (Å²) in [5.41, 5.74) is 1.08. The number of nitrogens with zero attached hydrogens (tertiary/aromatic N) is 1. The van der Waals surface area contributed by atoms with Crippen LogP contribution in [-0.2, 0) is 4.74 Å². The maximum atomic E-state index is 11.6. The predicted molar refractivity (Wildman–Crippen MR) is 67.3 cm³/mol. The first-order chi connectivity index (χ1) is 8.15. The highest BCUT2D eigenvalue weighted by molar-refractivity contribution is 9.10. The third-order valence-corrected chi connectivity index (χ3v) is 2.83. The van der Waals surface area contributed by atoms with Crippen molar-refractivity contribution in [3.05, 3.63) is 34.3 Å². The van der Waals surface area contributed by atoms with Gasteiger partial charge in [-0.05, 0) is 24.3 Å². The Hall–Kier alpha value is -1.62. The SMILES string of the molecule is COC(=O)c1cc2cc(Br)ccc2nc1OC. The standard InChI is InChI=1S/C12H10BrNO3/c1-16-11-9(12(15)17-2)6-7-5-8(13)3-4-10(7)14-11/h3-6H,1-2H3. The molecule has 0 spiro atoms. The number of halogens is 1. The summed E-state index contributed by atoms with van der Waals surface area (Å²) in [6.07, 6.45) is 0. The van der Waals surface area contributed by atoms with Crippen LogP contribution in [0.5, 0.6) is 5.88 Å². The summed E-state index contributed by atoms with van der Waals surface area (Å²) in [6.45, 7) is 0. The molecular weight excluding hydrogens is 286 g/mol. The zero-order chi connectivity index (χ0) is 12.4. The molecule has 4 nitrogen and oxygen atoms in total. The van der Waals surface area contributed by atoms with Crippen LogP contribution in [0.2, 0.25) is 0 Å². The topological polar surface area (TPSA) is 48.4 Å². The molecule has 0 amide bonds. The second kappa shape index (κ2) is 4.71. The lowest BCUT2D eigenvalue weighted by atomic mass is 10.1. The van der Waals surface area contributed by atoms with E-state index in [0.717, 1.165) is 15.4 Å². The quantitative estimate of drug-likeness (QED) is 0.800. The van der Waals surface area contributed by atoms with Crippen LogP contribution in [0.4, 0.5) is 0 Å². The van der Waals surface area contributed by atoms with Crippen LogP contribution >= 0.6 is 15.9 Å². The molecule has 0 radical (unpaired) electrons. The van der Waals surface area contributed by atoms with Crippen molar-refractivity contribution < 1.29 is 14.3 Å². The Labute approximate surface area is 107 Å². The van der Waals surface area contributed by atoms with E-state index >= 15 is 0 Å². The van der Waals surface area contributed by atoms with E-state index < -0.39 is 5.97 Å². The Morgan fingerprint density at radius 2 is 2.06 bits per heavy atom. The minimum Gasteiger partial charge on any atom is -0.480 e. The highest BCUT2D eigenvalue weighted by Gasteiger charge is 2.15. The van der Waals surface area contributed by atoms with Crippen molar-refractivity contribution in [3.63, 3.8) is 0 Å². The highest BCUT2D eigenvalue weighted by Crippen LogP contribution is 2.25. The van der Waals surface area contributed by atoms with Crippen molar-refractivity contribution in [2.45, 2.75) is 0 Å². The number of esters is 1. The Balaban J connectivity index is 2.69. The van der Waals surface area contributed by atoms with Gasteiger partial charge in [0, 0.05) is 9.86 Å². The maximum Gasteiger partial charge on any atom is 0.343 e. The smallest absolute Gasteiger partial charge is 0.343 e. The summed E-state index contributed by atoms with van der Waals surface area (Å²) in [5.74, 6) is -0.192. The second-order valence-corrected chi connectivity index (χ2v) is 4.29. The first-order valence-electron chi connectivity index (χ1n) is 4.88. The van der Waals surface area contributed by atoms with Crippen LogP contribution in [0.3, 0.4) is 0 Å². The number of carbonyl (C=O) groups excluding carboxylic acids is 1. The molecule has 1 aromatic heterocycles. The third kappa shape index (κ3) is 2.24. The van der Waals surface area contributed by atoms with Crippen molar-refractivity contribution in [3.8, 4) is 5.88 Å². The number of carbonyl (C=O) groups is 1. The molecule has 0 bridgehead atoms. The van der Waals surface area contributed by atoms with Gasteiger partial charge in [-0.1, -0.05) is 15.9 Å². The predicted octanol–water partition coefficient (Wildman–Crippen LogP) is 2.79. The van der Waals surface area contributed by atoms with Crippen molar-refractivity contribution in [1.29, 1.82) is 0 Å². The number of hydrogen-bond acceptors (Lipinski definition) is 4. The first kappa shape index (κ1) is 11.9. The van der Waals surface area contributed by atoms with Crippen LogP contribution in [0.15, 0.2) is 28.7 Å². The number of pyridine rings is 1. The van der Waals surface area contributed by atoms with E-state index in [0.29, 0.717) is 5.56 Å². The van der Waals surface area contributed by atoms with Gasteiger partial charge in [0.2, 0.25) is 5.88 Å². The lowest BCUT2D eigenvalue weighted by molar-refractivity contribution is 0.0596. The number of methoxy groups -OCH3 is 2. The van der Waals surface area contributed by atoms with Crippen LogP contribution in [0.1, 0.15) is 10.4 Å². The summed E-state index contributed by atoms with van der Waals surface area (Å²) in [4.78, 5) is 15.8. The van der Waals surface area contributed by atoms with Gasteiger partial charge >= 0.3 is 5.97 Å². The fourth-order valence-corrected chi connectivity index (χ4v) is 1.92. The van der Waals surface area contributed by atoms with Crippen molar-refractivity contribution in [1.82, 2.24) is 4.98 Å². The molecule has 0 unspecified atom stereocenters. The molecular formula is C12H10BrNO3. The second-order valence-electron chi connectivity index (χ2n) is 3.37. The van der Waals surface area contributed by atoms with E-state index in [-0.39, 0.29) is 5.88 Å². The number of rotatable bonds is 2. The molecule has 1 aromatic carbocycles. The van der Waals surface area contributed by atoms with Crippen LogP contribution in [0, 0.1) is 0 Å². The molecule has 17 heavy (non-hydrogen) atoms.